The van der Waals surface area contributed by atoms with Crippen molar-refractivity contribution in [1.29, 1.82) is 0 Å². The first-order valence-corrected chi connectivity index (χ1v) is 7.31. The Labute approximate surface area is 136 Å². The van der Waals surface area contributed by atoms with Crippen molar-refractivity contribution in [2.45, 2.75) is 12.5 Å². The summed E-state index contributed by atoms with van der Waals surface area (Å²) < 4.78 is 32.1. The maximum Gasteiger partial charge on any atom is 0.255 e. The maximum atomic E-state index is 13.8. The zero-order valence-corrected chi connectivity index (χ0v) is 12.8. The monoisotopic (exact) mass is 331 g/mol. The molecule has 0 saturated heterocycles. The summed E-state index contributed by atoms with van der Waals surface area (Å²) >= 11 is 0. The van der Waals surface area contributed by atoms with Crippen LogP contribution in [0.4, 0.5) is 8.78 Å². The van der Waals surface area contributed by atoms with Crippen molar-refractivity contribution in [2.24, 2.45) is 0 Å². The first-order valence-electron chi connectivity index (χ1n) is 7.31. The zero-order valence-electron chi connectivity index (χ0n) is 12.8. The van der Waals surface area contributed by atoms with E-state index in [2.05, 4.69) is 5.32 Å². The summed E-state index contributed by atoms with van der Waals surface area (Å²) in [6.45, 7) is 1.10. The quantitative estimate of drug-likeness (QED) is 0.771. The van der Waals surface area contributed by atoms with Crippen LogP contribution < -0.4 is 5.32 Å². The SMILES string of the molecule is CC(O)(CNC(=O)c1coc2ccccc12)c1ccc(F)cc1F. The number of halogens is 2. The summed E-state index contributed by atoms with van der Waals surface area (Å²) in [5.74, 6) is -2.06. The predicted octanol–water partition coefficient (Wildman–Crippen LogP) is 3.35. The Morgan fingerprint density at radius 3 is 2.75 bits per heavy atom. The number of rotatable bonds is 4. The molecular weight excluding hydrogens is 316 g/mol. The van der Waals surface area contributed by atoms with E-state index in [0.29, 0.717) is 22.6 Å². The van der Waals surface area contributed by atoms with E-state index in [1.165, 1.54) is 13.2 Å². The first-order chi connectivity index (χ1) is 11.4. The van der Waals surface area contributed by atoms with Crippen LogP contribution in [0.1, 0.15) is 22.8 Å². The van der Waals surface area contributed by atoms with Gasteiger partial charge in [0.05, 0.1) is 12.1 Å². The molecule has 0 bridgehead atoms. The van der Waals surface area contributed by atoms with Gasteiger partial charge in [0.15, 0.2) is 0 Å². The van der Waals surface area contributed by atoms with Crippen LogP contribution >= 0.6 is 0 Å². The van der Waals surface area contributed by atoms with Crippen LogP contribution in [0.25, 0.3) is 11.0 Å². The molecule has 0 aliphatic heterocycles. The van der Waals surface area contributed by atoms with E-state index in [1.807, 2.05) is 0 Å². The van der Waals surface area contributed by atoms with Crippen molar-refractivity contribution in [3.8, 4) is 0 Å². The molecule has 0 aliphatic carbocycles. The van der Waals surface area contributed by atoms with Crippen LogP contribution in [0.2, 0.25) is 0 Å². The number of aliphatic hydroxyl groups is 1. The molecule has 3 rings (SSSR count). The first kappa shape index (κ1) is 16.1. The summed E-state index contributed by atoms with van der Waals surface area (Å²) in [4.78, 5) is 12.3. The van der Waals surface area contributed by atoms with Crippen molar-refractivity contribution in [3.05, 3.63) is 71.5 Å². The summed E-state index contributed by atoms with van der Waals surface area (Å²) in [5, 5.41) is 13.6. The van der Waals surface area contributed by atoms with E-state index in [-0.39, 0.29) is 12.1 Å². The van der Waals surface area contributed by atoms with E-state index in [1.54, 1.807) is 24.3 Å². The van der Waals surface area contributed by atoms with Crippen LogP contribution in [-0.4, -0.2) is 17.6 Å². The third kappa shape index (κ3) is 3.00. The number of hydrogen-bond acceptors (Lipinski definition) is 3. The molecule has 1 unspecified atom stereocenters. The fourth-order valence-electron chi connectivity index (χ4n) is 2.52. The van der Waals surface area contributed by atoms with Gasteiger partial charge in [-0.2, -0.15) is 0 Å². The largest absolute Gasteiger partial charge is 0.463 e. The van der Waals surface area contributed by atoms with Crippen molar-refractivity contribution < 1.29 is 23.1 Å². The molecule has 1 aromatic heterocycles. The Morgan fingerprint density at radius 1 is 1.25 bits per heavy atom. The van der Waals surface area contributed by atoms with Gasteiger partial charge in [-0.05, 0) is 19.1 Å². The topological polar surface area (TPSA) is 62.5 Å². The standard InChI is InChI=1S/C18H15F2NO3/c1-18(23,14-7-6-11(19)8-15(14)20)10-21-17(22)13-9-24-16-5-3-2-4-12(13)16/h2-9,23H,10H2,1H3,(H,21,22). The molecule has 1 amide bonds. The van der Waals surface area contributed by atoms with E-state index < -0.39 is 23.1 Å². The highest BCUT2D eigenvalue weighted by molar-refractivity contribution is 6.05. The number of nitrogens with one attached hydrogen (secondary N) is 1. The summed E-state index contributed by atoms with van der Waals surface area (Å²) in [7, 11) is 0. The molecule has 1 heterocycles. The average Bonchev–Trinajstić information content (AvgIpc) is 2.96. The molecule has 0 fully saturated rings. The number of furan rings is 1. The number of carbonyl (C=O) groups excluding carboxylic acids is 1. The van der Waals surface area contributed by atoms with Gasteiger partial charge in [-0.15, -0.1) is 0 Å². The van der Waals surface area contributed by atoms with Gasteiger partial charge in [0.1, 0.15) is 29.1 Å². The van der Waals surface area contributed by atoms with Crippen molar-refractivity contribution in [1.82, 2.24) is 5.32 Å². The minimum absolute atomic E-state index is 0.0961. The molecule has 0 saturated carbocycles. The van der Waals surface area contributed by atoms with Crippen LogP contribution in [0.5, 0.6) is 0 Å². The molecule has 0 spiro atoms. The lowest BCUT2D eigenvalue weighted by atomic mass is 9.95. The molecular formula is C18H15F2NO3. The highest BCUT2D eigenvalue weighted by atomic mass is 19.1. The normalized spacial score (nSPS) is 13.7. The van der Waals surface area contributed by atoms with Gasteiger partial charge in [0.25, 0.3) is 5.91 Å². The number of fused-ring (bicyclic) bond motifs is 1. The number of hydrogen-bond donors (Lipinski definition) is 2. The fourth-order valence-corrected chi connectivity index (χ4v) is 2.52. The molecule has 0 aliphatic rings. The van der Waals surface area contributed by atoms with Gasteiger partial charge in [0.2, 0.25) is 0 Å². The maximum absolute atomic E-state index is 13.8. The summed E-state index contributed by atoms with van der Waals surface area (Å²) in [5.41, 5.74) is -0.895. The van der Waals surface area contributed by atoms with Gasteiger partial charge in [-0.25, -0.2) is 8.78 Å². The van der Waals surface area contributed by atoms with Crippen molar-refractivity contribution >= 4 is 16.9 Å². The summed E-state index contributed by atoms with van der Waals surface area (Å²) in [6, 6.07) is 9.94. The number of para-hydroxylation sites is 1. The van der Waals surface area contributed by atoms with Gasteiger partial charge >= 0.3 is 0 Å². The minimum Gasteiger partial charge on any atom is -0.463 e. The van der Waals surface area contributed by atoms with Crippen LogP contribution in [0, 0.1) is 11.6 Å². The molecule has 6 heteroatoms. The number of benzene rings is 2. The Hall–Kier alpha value is -2.73. The molecule has 1 atom stereocenters. The second-order valence-corrected chi connectivity index (χ2v) is 5.73. The summed E-state index contributed by atoms with van der Waals surface area (Å²) in [6.07, 6.45) is 1.33. The van der Waals surface area contributed by atoms with E-state index >= 15 is 0 Å². The Kier molecular flexibility index (Phi) is 4.07. The van der Waals surface area contributed by atoms with Crippen molar-refractivity contribution in [2.75, 3.05) is 6.54 Å². The zero-order chi connectivity index (χ0) is 17.3. The smallest absolute Gasteiger partial charge is 0.255 e. The highest BCUT2D eigenvalue weighted by Gasteiger charge is 2.28. The Bertz CT molecular complexity index is 902. The van der Waals surface area contributed by atoms with Crippen LogP contribution in [0.3, 0.4) is 0 Å². The molecule has 2 aromatic carbocycles. The lowest BCUT2D eigenvalue weighted by molar-refractivity contribution is 0.0494. The molecule has 124 valence electrons. The average molecular weight is 331 g/mol. The second kappa shape index (κ2) is 6.05. The van der Waals surface area contributed by atoms with Gasteiger partial charge in [0, 0.05) is 17.0 Å². The lowest BCUT2D eigenvalue weighted by Gasteiger charge is -2.24. The lowest BCUT2D eigenvalue weighted by Crippen LogP contribution is -2.39. The molecule has 0 radical (unpaired) electrons. The van der Waals surface area contributed by atoms with Gasteiger partial charge < -0.3 is 14.8 Å². The molecule has 3 aromatic rings. The van der Waals surface area contributed by atoms with E-state index in [0.717, 1.165) is 12.1 Å². The minimum atomic E-state index is -1.69. The van der Waals surface area contributed by atoms with E-state index in [9.17, 15) is 18.7 Å². The third-order valence-corrected chi connectivity index (χ3v) is 3.83. The number of carbonyl (C=O) groups is 1. The predicted molar refractivity (Wildman–Crippen MR) is 84.5 cm³/mol. The van der Waals surface area contributed by atoms with E-state index in [4.69, 9.17) is 4.42 Å². The Morgan fingerprint density at radius 2 is 2.00 bits per heavy atom. The molecule has 2 N–H and O–H groups in total. The van der Waals surface area contributed by atoms with Crippen LogP contribution in [-0.2, 0) is 5.60 Å². The van der Waals surface area contributed by atoms with Crippen LogP contribution in [0.15, 0.2) is 53.1 Å². The fraction of sp³-hybridized carbons (Fsp3) is 0.167. The second-order valence-electron chi connectivity index (χ2n) is 5.73. The Balaban J connectivity index is 1.78. The third-order valence-electron chi connectivity index (χ3n) is 3.83. The van der Waals surface area contributed by atoms with Gasteiger partial charge in [-0.3, -0.25) is 4.79 Å². The van der Waals surface area contributed by atoms with Crippen molar-refractivity contribution in [3.63, 3.8) is 0 Å². The molecule has 4 nitrogen and oxygen atoms in total. The number of amides is 1. The highest BCUT2D eigenvalue weighted by Crippen LogP contribution is 2.24. The molecule has 24 heavy (non-hydrogen) atoms. The van der Waals surface area contributed by atoms with Gasteiger partial charge in [-0.1, -0.05) is 24.3 Å².